The van der Waals surface area contributed by atoms with Crippen LogP contribution in [0.1, 0.15) is 11.4 Å². The summed E-state index contributed by atoms with van der Waals surface area (Å²) in [4.78, 5) is 16.2. The van der Waals surface area contributed by atoms with Gasteiger partial charge in [-0.1, -0.05) is 30.0 Å². The number of hydrogen-bond donors (Lipinski definition) is 2. The van der Waals surface area contributed by atoms with Gasteiger partial charge >= 0.3 is 0 Å². The van der Waals surface area contributed by atoms with Crippen LogP contribution < -0.4 is 5.32 Å². The molecule has 7 nitrogen and oxygen atoms in total. The van der Waals surface area contributed by atoms with E-state index in [4.69, 9.17) is 0 Å². The maximum absolute atomic E-state index is 12.0. The summed E-state index contributed by atoms with van der Waals surface area (Å²) in [5.74, 6) is 0.127. The van der Waals surface area contributed by atoms with Crippen LogP contribution in [0.2, 0.25) is 0 Å². The van der Waals surface area contributed by atoms with Crippen molar-refractivity contribution in [3.8, 4) is 5.69 Å². The number of aromatic nitrogens is 5. The topological polar surface area (TPSA) is 88.5 Å². The molecule has 0 aliphatic rings. The lowest BCUT2D eigenvalue weighted by Crippen LogP contribution is -2.15. The van der Waals surface area contributed by atoms with Crippen molar-refractivity contribution in [2.24, 2.45) is 0 Å². The van der Waals surface area contributed by atoms with Crippen molar-refractivity contribution in [1.29, 1.82) is 0 Å². The third-order valence-electron chi connectivity index (χ3n) is 3.22. The van der Waals surface area contributed by atoms with Gasteiger partial charge in [0.25, 0.3) is 0 Å². The van der Waals surface area contributed by atoms with E-state index in [1.807, 2.05) is 44.2 Å². The monoisotopic (exact) mass is 328 g/mol. The Morgan fingerprint density at radius 1 is 1.30 bits per heavy atom. The highest BCUT2D eigenvalue weighted by Crippen LogP contribution is 2.18. The number of nitrogens with one attached hydrogen (secondary N) is 2. The number of anilines is 1. The van der Waals surface area contributed by atoms with Gasteiger partial charge in [-0.25, -0.2) is 9.67 Å². The van der Waals surface area contributed by atoms with E-state index >= 15 is 0 Å². The first-order valence-electron chi connectivity index (χ1n) is 7.05. The average molecular weight is 328 g/mol. The SMILES string of the molecule is Cc1n[nH]c(C)c1NC(=O)CSc1ncn(-c2ccccc2)n1. The van der Waals surface area contributed by atoms with E-state index in [2.05, 4.69) is 25.6 Å². The molecule has 0 aliphatic heterocycles. The fourth-order valence-corrected chi connectivity index (χ4v) is 2.66. The van der Waals surface area contributed by atoms with Crippen LogP contribution in [0.5, 0.6) is 0 Å². The van der Waals surface area contributed by atoms with Crippen molar-refractivity contribution in [1.82, 2.24) is 25.0 Å². The van der Waals surface area contributed by atoms with Gasteiger partial charge in [0.2, 0.25) is 11.1 Å². The summed E-state index contributed by atoms with van der Waals surface area (Å²) in [6.07, 6.45) is 1.64. The Hall–Kier alpha value is -2.61. The molecule has 8 heteroatoms. The van der Waals surface area contributed by atoms with Gasteiger partial charge in [-0.05, 0) is 26.0 Å². The molecule has 0 fully saturated rings. The highest BCUT2D eigenvalue weighted by Gasteiger charge is 2.12. The van der Waals surface area contributed by atoms with Crippen LogP contribution in [0.15, 0.2) is 41.8 Å². The number of carbonyl (C=O) groups excluding carboxylic acids is 1. The van der Waals surface area contributed by atoms with Crippen LogP contribution in [0.4, 0.5) is 5.69 Å². The smallest absolute Gasteiger partial charge is 0.234 e. The number of carbonyl (C=O) groups is 1. The van der Waals surface area contributed by atoms with Gasteiger partial charge in [-0.15, -0.1) is 5.10 Å². The second-order valence-electron chi connectivity index (χ2n) is 4.95. The predicted molar refractivity (Wildman–Crippen MR) is 88.8 cm³/mol. The Morgan fingerprint density at radius 3 is 2.78 bits per heavy atom. The number of nitrogens with zero attached hydrogens (tertiary/aromatic N) is 4. The summed E-state index contributed by atoms with van der Waals surface area (Å²) in [5, 5.41) is 14.7. The quantitative estimate of drug-likeness (QED) is 0.702. The van der Waals surface area contributed by atoms with Gasteiger partial charge < -0.3 is 5.32 Å². The molecule has 23 heavy (non-hydrogen) atoms. The number of rotatable bonds is 5. The first-order valence-corrected chi connectivity index (χ1v) is 8.03. The van der Waals surface area contributed by atoms with Gasteiger partial charge in [0, 0.05) is 0 Å². The Bertz CT molecular complexity index is 791. The van der Waals surface area contributed by atoms with E-state index in [1.54, 1.807) is 11.0 Å². The zero-order valence-corrected chi connectivity index (χ0v) is 13.6. The molecule has 0 aliphatic carbocycles. The van der Waals surface area contributed by atoms with E-state index in [9.17, 15) is 4.79 Å². The summed E-state index contributed by atoms with van der Waals surface area (Å²) in [7, 11) is 0. The minimum absolute atomic E-state index is 0.112. The van der Waals surface area contributed by atoms with Gasteiger partial charge in [-0.3, -0.25) is 9.89 Å². The van der Waals surface area contributed by atoms with Gasteiger partial charge in [0.05, 0.1) is 28.5 Å². The molecule has 0 unspecified atom stereocenters. The molecular weight excluding hydrogens is 312 g/mol. The standard InChI is InChI=1S/C15H16N6OS/c1-10-14(11(2)19-18-10)17-13(22)8-23-15-16-9-21(20-15)12-6-4-3-5-7-12/h3-7,9H,8H2,1-2H3,(H,17,22)(H,18,19). The number of aryl methyl sites for hydroxylation is 2. The van der Waals surface area contributed by atoms with Crippen molar-refractivity contribution in [3.05, 3.63) is 48.0 Å². The number of para-hydroxylation sites is 1. The molecule has 2 heterocycles. The summed E-state index contributed by atoms with van der Waals surface area (Å²) < 4.78 is 1.69. The molecule has 3 rings (SSSR count). The second-order valence-corrected chi connectivity index (χ2v) is 5.90. The highest BCUT2D eigenvalue weighted by molar-refractivity contribution is 7.99. The van der Waals surface area contributed by atoms with Crippen LogP contribution in [0, 0.1) is 13.8 Å². The molecule has 118 valence electrons. The molecule has 0 bridgehead atoms. The van der Waals surface area contributed by atoms with Crippen molar-refractivity contribution in [2.75, 3.05) is 11.1 Å². The molecule has 0 saturated heterocycles. The lowest BCUT2D eigenvalue weighted by atomic mass is 10.3. The fraction of sp³-hybridized carbons (Fsp3) is 0.200. The van der Waals surface area contributed by atoms with E-state index in [-0.39, 0.29) is 11.7 Å². The fourth-order valence-electron chi connectivity index (χ4n) is 2.06. The van der Waals surface area contributed by atoms with E-state index in [1.165, 1.54) is 11.8 Å². The molecule has 1 aromatic carbocycles. The first-order chi connectivity index (χ1) is 11.1. The molecule has 2 aromatic heterocycles. The van der Waals surface area contributed by atoms with Crippen molar-refractivity contribution in [2.45, 2.75) is 19.0 Å². The van der Waals surface area contributed by atoms with Gasteiger partial charge in [0.1, 0.15) is 6.33 Å². The van der Waals surface area contributed by atoms with Crippen LogP contribution in [-0.2, 0) is 4.79 Å². The predicted octanol–water partition coefficient (Wildman–Crippen LogP) is 2.34. The number of benzene rings is 1. The zero-order valence-electron chi connectivity index (χ0n) is 12.8. The molecule has 2 N–H and O–H groups in total. The number of thioether (sulfide) groups is 1. The highest BCUT2D eigenvalue weighted by atomic mass is 32.2. The lowest BCUT2D eigenvalue weighted by molar-refractivity contribution is -0.113. The lowest BCUT2D eigenvalue weighted by Gasteiger charge is -2.03. The zero-order chi connectivity index (χ0) is 16.2. The van der Waals surface area contributed by atoms with Crippen LogP contribution in [0.25, 0.3) is 5.69 Å². The van der Waals surface area contributed by atoms with Crippen LogP contribution in [-0.4, -0.2) is 36.6 Å². The minimum atomic E-state index is -0.112. The molecule has 0 spiro atoms. The molecule has 1 amide bonds. The van der Waals surface area contributed by atoms with Crippen molar-refractivity contribution >= 4 is 23.4 Å². The van der Waals surface area contributed by atoms with Gasteiger partial charge in [-0.2, -0.15) is 5.10 Å². The molecule has 0 atom stereocenters. The van der Waals surface area contributed by atoms with Crippen LogP contribution in [0.3, 0.4) is 0 Å². The Morgan fingerprint density at radius 2 is 2.09 bits per heavy atom. The van der Waals surface area contributed by atoms with E-state index < -0.39 is 0 Å². The van der Waals surface area contributed by atoms with E-state index in [0.29, 0.717) is 5.16 Å². The number of hydrogen-bond acceptors (Lipinski definition) is 5. The minimum Gasteiger partial charge on any atom is -0.322 e. The maximum Gasteiger partial charge on any atom is 0.234 e. The molecular formula is C15H16N6OS. The summed E-state index contributed by atoms with van der Waals surface area (Å²) in [6.45, 7) is 3.71. The molecule has 0 radical (unpaired) electrons. The van der Waals surface area contributed by atoms with Crippen molar-refractivity contribution < 1.29 is 4.79 Å². The normalized spacial score (nSPS) is 10.7. The first kappa shape index (κ1) is 15.3. The maximum atomic E-state index is 12.0. The number of H-pyrrole nitrogens is 1. The van der Waals surface area contributed by atoms with Crippen molar-refractivity contribution in [3.63, 3.8) is 0 Å². The summed E-state index contributed by atoms with van der Waals surface area (Å²) >= 11 is 1.29. The summed E-state index contributed by atoms with van der Waals surface area (Å²) in [5.41, 5.74) is 3.28. The number of amides is 1. The average Bonchev–Trinajstić information content (AvgIpc) is 3.16. The van der Waals surface area contributed by atoms with E-state index in [0.717, 1.165) is 22.8 Å². The Labute approximate surface area is 137 Å². The Balaban J connectivity index is 1.59. The summed E-state index contributed by atoms with van der Waals surface area (Å²) in [6, 6.07) is 9.71. The second kappa shape index (κ2) is 6.66. The van der Waals surface area contributed by atoms with Crippen LogP contribution >= 0.6 is 11.8 Å². The third kappa shape index (κ3) is 3.59. The Kier molecular flexibility index (Phi) is 4.42. The number of aromatic amines is 1. The molecule has 3 aromatic rings. The third-order valence-corrected chi connectivity index (χ3v) is 4.07. The molecule has 0 saturated carbocycles. The largest absolute Gasteiger partial charge is 0.322 e. The van der Waals surface area contributed by atoms with Gasteiger partial charge in [0.15, 0.2) is 0 Å².